The number of phenols is 1. The number of aromatic nitrogens is 1. The van der Waals surface area contributed by atoms with Gasteiger partial charge in [-0.3, -0.25) is 0 Å². The highest BCUT2D eigenvalue weighted by Gasteiger charge is 2.18. The molecule has 100 valence electrons. The minimum Gasteiger partial charge on any atom is -0.507 e. The van der Waals surface area contributed by atoms with Crippen LogP contribution in [0, 0.1) is 0 Å². The standard InChI is InChI=1S/C16H13NO3/c1-19-16-14(11-7-3-2-4-8-11)17-15(20-16)12-9-5-6-10-13(12)18/h2-10,18H,1H3. The maximum atomic E-state index is 9.87. The number of para-hydroxylation sites is 1. The third-order valence-electron chi connectivity index (χ3n) is 2.96. The number of benzene rings is 2. The number of rotatable bonds is 3. The average molecular weight is 267 g/mol. The molecule has 0 bridgehead atoms. The Morgan fingerprint density at radius 3 is 2.40 bits per heavy atom. The van der Waals surface area contributed by atoms with Crippen LogP contribution in [-0.2, 0) is 0 Å². The number of hydrogen-bond acceptors (Lipinski definition) is 4. The van der Waals surface area contributed by atoms with Crippen LogP contribution in [0.2, 0.25) is 0 Å². The predicted octanol–water partition coefficient (Wildman–Crippen LogP) is 3.72. The van der Waals surface area contributed by atoms with Crippen molar-refractivity contribution < 1.29 is 14.3 Å². The topological polar surface area (TPSA) is 55.5 Å². The largest absolute Gasteiger partial charge is 0.507 e. The van der Waals surface area contributed by atoms with Gasteiger partial charge >= 0.3 is 5.95 Å². The summed E-state index contributed by atoms with van der Waals surface area (Å²) in [6.45, 7) is 0. The van der Waals surface area contributed by atoms with Crippen molar-refractivity contribution in [2.24, 2.45) is 0 Å². The van der Waals surface area contributed by atoms with Crippen LogP contribution >= 0.6 is 0 Å². The van der Waals surface area contributed by atoms with Crippen LogP contribution in [0.3, 0.4) is 0 Å². The first-order valence-corrected chi connectivity index (χ1v) is 6.18. The number of aromatic hydroxyl groups is 1. The second-order valence-corrected chi connectivity index (χ2v) is 4.24. The molecule has 0 spiro atoms. The lowest BCUT2D eigenvalue weighted by molar-refractivity contribution is 0.310. The van der Waals surface area contributed by atoms with E-state index in [1.54, 1.807) is 18.2 Å². The number of ether oxygens (including phenoxy) is 1. The molecule has 0 radical (unpaired) electrons. The Labute approximate surface area is 116 Å². The summed E-state index contributed by atoms with van der Waals surface area (Å²) in [7, 11) is 1.53. The minimum absolute atomic E-state index is 0.121. The number of hydrogen-bond donors (Lipinski definition) is 1. The van der Waals surface area contributed by atoms with Gasteiger partial charge in [0.1, 0.15) is 5.75 Å². The average Bonchev–Trinajstić information content (AvgIpc) is 2.92. The first kappa shape index (κ1) is 12.3. The normalized spacial score (nSPS) is 10.4. The van der Waals surface area contributed by atoms with Crippen molar-refractivity contribution in [1.82, 2.24) is 4.98 Å². The van der Waals surface area contributed by atoms with Gasteiger partial charge in [0.15, 0.2) is 5.69 Å². The van der Waals surface area contributed by atoms with Crippen molar-refractivity contribution >= 4 is 0 Å². The van der Waals surface area contributed by atoms with E-state index in [0.29, 0.717) is 23.1 Å². The second kappa shape index (κ2) is 5.09. The summed E-state index contributed by atoms with van der Waals surface area (Å²) in [4.78, 5) is 4.43. The van der Waals surface area contributed by atoms with Gasteiger partial charge < -0.3 is 14.3 Å². The van der Waals surface area contributed by atoms with Crippen LogP contribution in [0.5, 0.6) is 11.7 Å². The molecule has 0 amide bonds. The Bertz CT molecular complexity index is 720. The van der Waals surface area contributed by atoms with Gasteiger partial charge in [0.05, 0.1) is 12.7 Å². The lowest BCUT2D eigenvalue weighted by Gasteiger charge is -1.97. The van der Waals surface area contributed by atoms with Gasteiger partial charge in [-0.05, 0) is 12.1 Å². The van der Waals surface area contributed by atoms with Crippen LogP contribution in [0.15, 0.2) is 59.0 Å². The highest BCUT2D eigenvalue weighted by Crippen LogP contribution is 2.36. The van der Waals surface area contributed by atoms with E-state index in [0.717, 1.165) is 5.56 Å². The van der Waals surface area contributed by atoms with Gasteiger partial charge in [-0.15, -0.1) is 0 Å². The first-order chi connectivity index (χ1) is 9.79. The smallest absolute Gasteiger partial charge is 0.313 e. The van der Waals surface area contributed by atoms with E-state index in [1.165, 1.54) is 7.11 Å². The van der Waals surface area contributed by atoms with Crippen molar-refractivity contribution in [3.05, 3.63) is 54.6 Å². The second-order valence-electron chi connectivity index (χ2n) is 4.24. The molecule has 0 fully saturated rings. The number of nitrogens with zero attached hydrogens (tertiary/aromatic N) is 1. The van der Waals surface area contributed by atoms with Crippen LogP contribution < -0.4 is 4.74 Å². The molecule has 3 aromatic rings. The Balaban J connectivity index is 2.13. The molecule has 2 aromatic carbocycles. The monoisotopic (exact) mass is 267 g/mol. The SMILES string of the molecule is COc1oc(-c2ccccc2O)nc1-c1ccccc1. The van der Waals surface area contributed by atoms with Crippen LogP contribution in [0.4, 0.5) is 0 Å². The Hall–Kier alpha value is -2.75. The fourth-order valence-electron chi connectivity index (χ4n) is 1.99. The highest BCUT2D eigenvalue weighted by atomic mass is 16.6. The minimum atomic E-state index is 0.121. The van der Waals surface area contributed by atoms with E-state index in [2.05, 4.69) is 4.98 Å². The van der Waals surface area contributed by atoms with Crippen molar-refractivity contribution in [3.63, 3.8) is 0 Å². The van der Waals surface area contributed by atoms with Crippen LogP contribution in [-0.4, -0.2) is 17.2 Å². The van der Waals surface area contributed by atoms with E-state index in [1.807, 2.05) is 36.4 Å². The van der Waals surface area contributed by atoms with E-state index in [-0.39, 0.29) is 5.75 Å². The molecule has 0 aliphatic heterocycles. The van der Waals surface area contributed by atoms with Gasteiger partial charge in [-0.1, -0.05) is 42.5 Å². The van der Waals surface area contributed by atoms with E-state index in [9.17, 15) is 5.11 Å². The van der Waals surface area contributed by atoms with Crippen molar-refractivity contribution in [3.8, 4) is 34.4 Å². The molecule has 0 saturated heterocycles. The zero-order chi connectivity index (χ0) is 13.9. The number of oxazole rings is 1. The highest BCUT2D eigenvalue weighted by molar-refractivity contribution is 5.70. The Morgan fingerprint density at radius 1 is 1.00 bits per heavy atom. The van der Waals surface area contributed by atoms with E-state index >= 15 is 0 Å². The summed E-state index contributed by atoms with van der Waals surface area (Å²) in [5.74, 6) is 0.782. The van der Waals surface area contributed by atoms with Gasteiger partial charge in [0, 0.05) is 5.56 Å². The molecule has 1 aromatic heterocycles. The summed E-state index contributed by atoms with van der Waals surface area (Å²) < 4.78 is 10.8. The third-order valence-corrected chi connectivity index (χ3v) is 2.96. The number of methoxy groups -OCH3 is 1. The zero-order valence-electron chi connectivity index (χ0n) is 10.9. The Kier molecular flexibility index (Phi) is 3.13. The Morgan fingerprint density at radius 2 is 1.70 bits per heavy atom. The number of phenolic OH excluding ortho intramolecular Hbond substituents is 1. The fraction of sp³-hybridized carbons (Fsp3) is 0.0625. The summed E-state index contributed by atoms with van der Waals surface area (Å²) in [5.41, 5.74) is 2.05. The van der Waals surface area contributed by atoms with Crippen molar-refractivity contribution in [2.45, 2.75) is 0 Å². The van der Waals surface area contributed by atoms with Crippen LogP contribution in [0.1, 0.15) is 0 Å². The molecule has 4 nitrogen and oxygen atoms in total. The zero-order valence-corrected chi connectivity index (χ0v) is 10.9. The molecule has 0 saturated carbocycles. The fourth-order valence-corrected chi connectivity index (χ4v) is 1.99. The molecule has 4 heteroatoms. The summed E-state index contributed by atoms with van der Waals surface area (Å²) >= 11 is 0. The summed E-state index contributed by atoms with van der Waals surface area (Å²) in [6.07, 6.45) is 0. The lowest BCUT2D eigenvalue weighted by atomic mass is 10.1. The molecule has 0 aliphatic carbocycles. The molecule has 0 atom stereocenters. The van der Waals surface area contributed by atoms with Gasteiger partial charge in [0.2, 0.25) is 5.89 Å². The molecule has 20 heavy (non-hydrogen) atoms. The van der Waals surface area contributed by atoms with Crippen LogP contribution in [0.25, 0.3) is 22.7 Å². The van der Waals surface area contributed by atoms with Gasteiger partial charge in [-0.2, -0.15) is 0 Å². The van der Waals surface area contributed by atoms with Gasteiger partial charge in [-0.25, -0.2) is 4.98 Å². The molecular weight excluding hydrogens is 254 g/mol. The lowest BCUT2D eigenvalue weighted by Crippen LogP contribution is -1.84. The maximum absolute atomic E-state index is 9.87. The first-order valence-electron chi connectivity index (χ1n) is 6.18. The maximum Gasteiger partial charge on any atom is 0.313 e. The molecule has 1 N–H and O–H groups in total. The van der Waals surface area contributed by atoms with Gasteiger partial charge in [0.25, 0.3) is 0 Å². The summed E-state index contributed by atoms with van der Waals surface area (Å²) in [5, 5.41) is 9.87. The third kappa shape index (κ3) is 2.12. The molecule has 0 aliphatic rings. The summed E-state index contributed by atoms with van der Waals surface area (Å²) in [6, 6.07) is 16.5. The molecule has 3 rings (SSSR count). The van der Waals surface area contributed by atoms with Crippen molar-refractivity contribution in [1.29, 1.82) is 0 Å². The van der Waals surface area contributed by atoms with E-state index < -0.39 is 0 Å². The quantitative estimate of drug-likeness (QED) is 0.785. The molecule has 1 heterocycles. The van der Waals surface area contributed by atoms with Crippen molar-refractivity contribution in [2.75, 3.05) is 7.11 Å². The molecule has 0 unspecified atom stereocenters. The molecular formula is C16H13NO3. The van der Waals surface area contributed by atoms with E-state index in [4.69, 9.17) is 9.15 Å². The predicted molar refractivity (Wildman–Crippen MR) is 75.6 cm³/mol.